The third-order valence-corrected chi connectivity index (χ3v) is 7.73. The predicted octanol–water partition coefficient (Wildman–Crippen LogP) is 0.769. The van der Waals surface area contributed by atoms with Gasteiger partial charge in [-0.2, -0.15) is 4.98 Å². The number of H-pyrrole nitrogens is 1. The molecule has 1 aliphatic heterocycles. The summed E-state index contributed by atoms with van der Waals surface area (Å²) in [6, 6.07) is 0. The van der Waals surface area contributed by atoms with Gasteiger partial charge < -0.3 is 34.9 Å². The van der Waals surface area contributed by atoms with Gasteiger partial charge in [0, 0.05) is 17.5 Å². The summed E-state index contributed by atoms with van der Waals surface area (Å²) in [5.41, 5.74) is 19.6. The number of ether oxygens (including phenoxy) is 2. The first kappa shape index (κ1) is 28.1. The number of aromatic amines is 1. The van der Waals surface area contributed by atoms with Crippen molar-refractivity contribution in [3.8, 4) is 11.8 Å². The molecule has 0 bridgehead atoms. The van der Waals surface area contributed by atoms with Crippen LogP contribution in [0.1, 0.15) is 18.2 Å². The Morgan fingerprint density at radius 3 is 2.86 bits per heavy atom. The van der Waals surface area contributed by atoms with E-state index in [-0.39, 0.29) is 36.7 Å². The molecule has 196 valence electrons. The van der Waals surface area contributed by atoms with Gasteiger partial charge in [0.2, 0.25) is 5.95 Å². The number of anilines is 1. The van der Waals surface area contributed by atoms with Gasteiger partial charge in [-0.15, -0.1) is 0 Å². The Balaban J connectivity index is 1.84. The molecule has 1 saturated heterocycles. The molecule has 21 heteroatoms. The highest BCUT2D eigenvalue weighted by molar-refractivity contribution is 7.53. The van der Waals surface area contributed by atoms with Crippen molar-refractivity contribution in [2.45, 2.75) is 24.9 Å². The molecule has 36 heavy (non-hydrogen) atoms. The maximum absolute atomic E-state index is 12.5. The van der Waals surface area contributed by atoms with Gasteiger partial charge in [-0.05, 0) is 5.53 Å². The molecule has 0 spiro atoms. The van der Waals surface area contributed by atoms with Crippen LogP contribution < -0.4 is 17.0 Å². The van der Waals surface area contributed by atoms with Gasteiger partial charge in [-0.25, -0.2) is 8.62 Å². The number of nitrogen functional groups attached to an aromatic ring is 1. The molecule has 1 fully saturated rings. The highest BCUT2D eigenvalue weighted by Gasteiger charge is 2.38. The SMILES string of the molecule is [N-]=[N+]=NCOC1CC(n2cc(C#CCN)c3c(=O)[nH]c(N)nc32)OC1CO[PH](=O)O[PH](=O)O[PH](=O)O. The van der Waals surface area contributed by atoms with Crippen LogP contribution in [0.15, 0.2) is 16.1 Å². The molecule has 3 heterocycles. The van der Waals surface area contributed by atoms with E-state index in [1.54, 1.807) is 0 Å². The fraction of sp³-hybridized carbons (Fsp3) is 0.467. The first-order valence-electron chi connectivity index (χ1n) is 9.90. The lowest BCUT2D eigenvalue weighted by molar-refractivity contribution is -0.0547. The topological polar surface area (TPSA) is 269 Å². The summed E-state index contributed by atoms with van der Waals surface area (Å²) in [6.45, 7) is -0.695. The first-order chi connectivity index (χ1) is 17.2. The number of hydrogen-bond donors (Lipinski definition) is 4. The highest BCUT2D eigenvalue weighted by atomic mass is 31.2. The van der Waals surface area contributed by atoms with Crippen LogP contribution in [0.5, 0.6) is 0 Å². The van der Waals surface area contributed by atoms with E-state index in [0.717, 1.165) is 0 Å². The third-order valence-electron chi connectivity index (χ3n) is 4.63. The average molecular weight is 566 g/mol. The van der Waals surface area contributed by atoms with Crippen molar-refractivity contribution < 1.29 is 41.2 Å². The van der Waals surface area contributed by atoms with E-state index >= 15 is 0 Å². The van der Waals surface area contributed by atoms with Crippen molar-refractivity contribution >= 4 is 41.7 Å². The Hall–Kier alpha value is -2.50. The van der Waals surface area contributed by atoms with Crippen LogP contribution in [0.4, 0.5) is 5.95 Å². The number of hydrogen-bond acceptors (Lipinski definition) is 13. The normalized spacial score (nSPS) is 21.9. The van der Waals surface area contributed by atoms with Crippen LogP contribution >= 0.6 is 24.8 Å². The quantitative estimate of drug-likeness (QED) is 0.0963. The number of rotatable bonds is 11. The maximum Gasteiger partial charge on any atom is 0.333 e. The fourth-order valence-electron chi connectivity index (χ4n) is 3.32. The van der Waals surface area contributed by atoms with Crippen molar-refractivity contribution in [2.24, 2.45) is 10.8 Å². The fourth-order valence-corrected chi connectivity index (χ4v) is 5.52. The van der Waals surface area contributed by atoms with E-state index in [0.29, 0.717) is 5.56 Å². The van der Waals surface area contributed by atoms with E-state index in [1.807, 2.05) is 0 Å². The second kappa shape index (κ2) is 13.2. The highest BCUT2D eigenvalue weighted by Crippen LogP contribution is 2.45. The molecular weight excluding hydrogens is 545 g/mol. The van der Waals surface area contributed by atoms with Gasteiger partial charge in [-0.3, -0.25) is 23.5 Å². The van der Waals surface area contributed by atoms with Gasteiger partial charge in [0.25, 0.3) is 5.56 Å². The van der Waals surface area contributed by atoms with E-state index in [1.165, 1.54) is 10.8 Å². The van der Waals surface area contributed by atoms with Gasteiger partial charge in [0.1, 0.15) is 19.1 Å². The number of nitrogens with zero attached hydrogens (tertiary/aromatic N) is 5. The van der Waals surface area contributed by atoms with Crippen LogP contribution in [0.2, 0.25) is 0 Å². The molecule has 0 amide bonds. The van der Waals surface area contributed by atoms with E-state index in [4.69, 9.17) is 35.9 Å². The van der Waals surface area contributed by atoms with Crippen LogP contribution in [-0.2, 0) is 36.3 Å². The van der Waals surface area contributed by atoms with Crippen molar-refractivity contribution in [3.05, 3.63) is 32.6 Å². The number of aromatic nitrogens is 3. The molecule has 0 saturated carbocycles. The van der Waals surface area contributed by atoms with E-state index in [2.05, 4.69) is 40.5 Å². The summed E-state index contributed by atoms with van der Waals surface area (Å²) in [6.07, 6.45) is -0.792. The van der Waals surface area contributed by atoms with Gasteiger partial charge in [0.15, 0.2) is 5.65 Å². The van der Waals surface area contributed by atoms with Crippen LogP contribution in [0.25, 0.3) is 21.5 Å². The van der Waals surface area contributed by atoms with Crippen LogP contribution in [0, 0.1) is 11.8 Å². The van der Waals surface area contributed by atoms with Gasteiger partial charge >= 0.3 is 24.8 Å². The minimum absolute atomic E-state index is 0.0513. The summed E-state index contributed by atoms with van der Waals surface area (Å²) in [5, 5.41) is 3.47. The number of nitrogens with one attached hydrogen (secondary N) is 1. The van der Waals surface area contributed by atoms with Crippen LogP contribution in [-0.4, -0.2) is 51.5 Å². The van der Waals surface area contributed by atoms with Crippen molar-refractivity contribution in [2.75, 3.05) is 25.6 Å². The van der Waals surface area contributed by atoms with Crippen molar-refractivity contribution in [3.63, 3.8) is 0 Å². The monoisotopic (exact) mass is 566 g/mol. The molecule has 3 rings (SSSR count). The molecule has 6 unspecified atom stereocenters. The minimum Gasteiger partial charge on any atom is -0.369 e. The molecule has 0 radical (unpaired) electrons. The summed E-state index contributed by atoms with van der Waals surface area (Å²) in [7, 11) is -10.5. The molecular formula is C15H21N8O10P3. The molecule has 2 aromatic heterocycles. The average Bonchev–Trinajstić information content (AvgIpc) is 3.37. The Morgan fingerprint density at radius 2 is 2.17 bits per heavy atom. The van der Waals surface area contributed by atoms with E-state index < -0.39 is 55.4 Å². The molecule has 1 aliphatic rings. The Labute approximate surface area is 203 Å². The molecule has 0 aromatic carbocycles. The minimum atomic E-state index is -3.56. The third kappa shape index (κ3) is 7.27. The summed E-state index contributed by atoms with van der Waals surface area (Å²) in [4.78, 5) is 30.3. The lowest BCUT2D eigenvalue weighted by atomic mass is 10.2. The first-order valence-corrected chi connectivity index (χ1v) is 13.6. The van der Waals surface area contributed by atoms with E-state index in [9.17, 15) is 18.5 Å². The number of nitrogens with two attached hydrogens (primary N) is 2. The standard InChI is InChI=1S/C15H21N8O10P3/c16-3-1-2-8-5-23(13-12(8)14(24)21-15(17)20-13)11-4-9(29-7-19-22-18)10(31-11)6-30-35(27)33-36(28)32-34(25)26/h5,9-11,34-36H,3-4,6-7,16H2,(H,25,26)(H3,17,20,21,24). The second-order valence-corrected chi connectivity index (χ2v) is 10.3. The van der Waals surface area contributed by atoms with Crippen molar-refractivity contribution in [1.29, 1.82) is 0 Å². The number of azide groups is 1. The van der Waals surface area contributed by atoms with Gasteiger partial charge in [0.05, 0.1) is 30.2 Å². The Kier molecular flexibility index (Phi) is 10.3. The maximum atomic E-state index is 12.5. The molecule has 18 nitrogen and oxygen atoms in total. The second-order valence-electron chi connectivity index (χ2n) is 6.82. The van der Waals surface area contributed by atoms with Crippen LogP contribution in [0.3, 0.4) is 0 Å². The lowest BCUT2D eigenvalue weighted by Crippen LogP contribution is -2.28. The Morgan fingerprint density at radius 1 is 1.39 bits per heavy atom. The Bertz CT molecular complexity index is 1350. The predicted molar refractivity (Wildman–Crippen MR) is 125 cm³/mol. The van der Waals surface area contributed by atoms with Gasteiger partial charge in [-0.1, -0.05) is 17.0 Å². The zero-order chi connectivity index (χ0) is 26.2. The molecule has 6 N–H and O–H groups in total. The summed E-state index contributed by atoms with van der Waals surface area (Å²) < 4.78 is 60.4. The molecule has 6 atom stereocenters. The zero-order valence-corrected chi connectivity index (χ0v) is 21.2. The zero-order valence-electron chi connectivity index (χ0n) is 18.2. The molecule has 2 aromatic rings. The number of fused-ring (bicyclic) bond motifs is 1. The largest absolute Gasteiger partial charge is 0.369 e. The summed E-state index contributed by atoms with van der Waals surface area (Å²) in [5.74, 6) is 5.32. The smallest absolute Gasteiger partial charge is 0.333 e. The van der Waals surface area contributed by atoms with Crippen molar-refractivity contribution in [1.82, 2.24) is 14.5 Å². The lowest BCUT2D eigenvalue weighted by Gasteiger charge is -2.18. The summed E-state index contributed by atoms with van der Waals surface area (Å²) >= 11 is 0. The molecule has 0 aliphatic carbocycles.